The first-order valence-corrected chi connectivity index (χ1v) is 9.93. The third kappa shape index (κ3) is 8.31. The number of rotatable bonds is 10. The molecule has 0 radical (unpaired) electrons. The number of nitrogens with one attached hydrogen (secondary N) is 2. The summed E-state index contributed by atoms with van der Waals surface area (Å²) in [5, 5.41) is 5.87. The van der Waals surface area contributed by atoms with E-state index >= 15 is 0 Å². The third-order valence-corrected chi connectivity index (χ3v) is 4.33. The summed E-state index contributed by atoms with van der Waals surface area (Å²) in [5.41, 5.74) is 2.67. The van der Waals surface area contributed by atoms with Gasteiger partial charge in [0.15, 0.2) is 0 Å². The normalized spacial score (nSPS) is 10.6. The van der Waals surface area contributed by atoms with E-state index in [4.69, 9.17) is 0 Å². The highest BCUT2D eigenvalue weighted by Crippen LogP contribution is 2.12. The fraction of sp³-hybridized carbons (Fsp3) is 0.409. The molecule has 156 valence electrons. The van der Waals surface area contributed by atoms with Crippen molar-refractivity contribution in [2.45, 2.75) is 32.9 Å². The van der Waals surface area contributed by atoms with E-state index in [1.54, 1.807) is 17.3 Å². The average Bonchev–Trinajstić information content (AvgIpc) is 2.70. The van der Waals surface area contributed by atoms with Crippen molar-refractivity contribution >= 4 is 17.6 Å². The lowest BCUT2D eigenvalue weighted by Crippen LogP contribution is -2.42. The topological polar surface area (TPSA) is 77.6 Å². The van der Waals surface area contributed by atoms with Crippen LogP contribution >= 0.6 is 0 Å². The van der Waals surface area contributed by atoms with Gasteiger partial charge in [0.25, 0.3) is 0 Å². The van der Waals surface area contributed by atoms with Crippen LogP contribution in [0.1, 0.15) is 30.9 Å². The molecular weight excluding hydrogens is 366 g/mol. The molecule has 0 saturated heterocycles. The number of aromatic nitrogens is 1. The van der Waals surface area contributed by atoms with Crippen LogP contribution in [0.3, 0.4) is 0 Å². The van der Waals surface area contributed by atoms with E-state index < -0.39 is 0 Å². The van der Waals surface area contributed by atoms with Crippen molar-refractivity contribution in [2.24, 2.45) is 0 Å². The average molecular weight is 398 g/mol. The van der Waals surface area contributed by atoms with E-state index in [-0.39, 0.29) is 11.9 Å². The Bertz CT molecular complexity index is 780. The molecule has 2 aromatic rings. The minimum absolute atomic E-state index is 0.0000155. The molecule has 2 rings (SSSR count). The standard InChI is InChI=1S/C22H31N5O2/c1-4-7-21(28)25-20-10-5-8-18(14-20)16-24-22(29)27(13-12-26(2)3)17-19-9-6-11-23-15-19/h5-6,8-11,14-15H,4,7,12-13,16-17H2,1-3H3,(H,24,29)(H,25,28). The van der Waals surface area contributed by atoms with Crippen LogP contribution in [0.5, 0.6) is 0 Å². The molecule has 1 aromatic carbocycles. The number of hydrogen-bond donors (Lipinski definition) is 2. The van der Waals surface area contributed by atoms with Crippen molar-refractivity contribution in [2.75, 3.05) is 32.5 Å². The van der Waals surface area contributed by atoms with Gasteiger partial charge in [-0.05, 0) is 49.8 Å². The van der Waals surface area contributed by atoms with Crippen molar-refractivity contribution in [1.82, 2.24) is 20.1 Å². The highest BCUT2D eigenvalue weighted by molar-refractivity contribution is 5.90. The summed E-state index contributed by atoms with van der Waals surface area (Å²) in [5.74, 6) is 0.0000155. The quantitative estimate of drug-likeness (QED) is 0.646. The van der Waals surface area contributed by atoms with Crippen LogP contribution < -0.4 is 10.6 Å². The maximum atomic E-state index is 12.8. The zero-order valence-electron chi connectivity index (χ0n) is 17.5. The molecule has 0 fully saturated rings. The Kier molecular flexibility index (Phi) is 9.11. The van der Waals surface area contributed by atoms with Crippen LogP contribution in [0.15, 0.2) is 48.8 Å². The molecule has 0 atom stereocenters. The molecule has 3 amide bonds. The summed E-state index contributed by atoms with van der Waals surface area (Å²) in [7, 11) is 3.97. The number of anilines is 1. The van der Waals surface area contributed by atoms with Gasteiger partial charge in [-0.25, -0.2) is 4.79 Å². The van der Waals surface area contributed by atoms with Gasteiger partial charge >= 0.3 is 6.03 Å². The molecule has 0 unspecified atom stereocenters. The lowest BCUT2D eigenvalue weighted by atomic mass is 10.2. The van der Waals surface area contributed by atoms with Crippen LogP contribution in [-0.2, 0) is 17.9 Å². The number of hydrogen-bond acceptors (Lipinski definition) is 4. The van der Waals surface area contributed by atoms with Gasteiger partial charge < -0.3 is 20.4 Å². The van der Waals surface area contributed by atoms with Gasteiger partial charge in [0.2, 0.25) is 5.91 Å². The first kappa shape index (κ1) is 22.4. The molecular formula is C22H31N5O2. The van der Waals surface area contributed by atoms with E-state index in [1.807, 2.05) is 62.3 Å². The number of likely N-dealkylation sites (N-methyl/N-ethyl adjacent to an activating group) is 1. The zero-order chi connectivity index (χ0) is 21.1. The van der Waals surface area contributed by atoms with Crippen LogP contribution in [0, 0.1) is 0 Å². The number of urea groups is 1. The Morgan fingerprint density at radius 3 is 2.55 bits per heavy atom. The van der Waals surface area contributed by atoms with Gasteiger partial charge in [0.1, 0.15) is 0 Å². The fourth-order valence-corrected chi connectivity index (χ4v) is 2.78. The second-order valence-electron chi connectivity index (χ2n) is 7.24. The fourth-order valence-electron chi connectivity index (χ4n) is 2.78. The van der Waals surface area contributed by atoms with E-state index in [2.05, 4.69) is 15.6 Å². The van der Waals surface area contributed by atoms with Crippen LogP contribution in [0.25, 0.3) is 0 Å². The molecule has 1 aromatic heterocycles. The lowest BCUT2D eigenvalue weighted by Gasteiger charge is -2.25. The summed E-state index contributed by atoms with van der Waals surface area (Å²) in [4.78, 5) is 32.5. The largest absolute Gasteiger partial charge is 0.334 e. The van der Waals surface area contributed by atoms with Gasteiger partial charge in [-0.1, -0.05) is 25.1 Å². The monoisotopic (exact) mass is 397 g/mol. The van der Waals surface area contributed by atoms with Gasteiger partial charge in [-0.3, -0.25) is 9.78 Å². The maximum absolute atomic E-state index is 12.8. The Morgan fingerprint density at radius 1 is 1.07 bits per heavy atom. The second kappa shape index (κ2) is 11.8. The number of benzene rings is 1. The summed E-state index contributed by atoms with van der Waals surface area (Å²) in [6.07, 6.45) is 4.80. The molecule has 0 aliphatic heterocycles. The van der Waals surface area contributed by atoms with Crippen LogP contribution in [0.2, 0.25) is 0 Å². The van der Waals surface area contributed by atoms with Gasteiger partial charge in [0, 0.05) is 50.7 Å². The minimum Gasteiger partial charge on any atom is -0.334 e. The molecule has 7 heteroatoms. The Labute approximate surface area is 173 Å². The molecule has 1 heterocycles. The molecule has 7 nitrogen and oxygen atoms in total. The summed E-state index contributed by atoms with van der Waals surface area (Å²) in [6, 6.07) is 11.3. The number of carbonyl (C=O) groups is 2. The van der Waals surface area contributed by atoms with Crippen molar-refractivity contribution < 1.29 is 9.59 Å². The third-order valence-electron chi connectivity index (χ3n) is 4.33. The maximum Gasteiger partial charge on any atom is 0.318 e. The molecule has 29 heavy (non-hydrogen) atoms. The zero-order valence-corrected chi connectivity index (χ0v) is 17.5. The Balaban J connectivity index is 1.96. The van der Waals surface area contributed by atoms with Crippen molar-refractivity contribution in [3.8, 4) is 0 Å². The van der Waals surface area contributed by atoms with Crippen LogP contribution in [-0.4, -0.2) is 53.9 Å². The second-order valence-corrected chi connectivity index (χ2v) is 7.24. The van der Waals surface area contributed by atoms with Crippen molar-refractivity contribution in [3.05, 3.63) is 59.9 Å². The van der Waals surface area contributed by atoms with Gasteiger partial charge in [-0.15, -0.1) is 0 Å². The highest BCUT2D eigenvalue weighted by atomic mass is 16.2. The van der Waals surface area contributed by atoms with E-state index in [0.29, 0.717) is 26.1 Å². The first-order chi connectivity index (χ1) is 14.0. The minimum atomic E-state index is -0.129. The molecule has 0 aliphatic rings. The van der Waals surface area contributed by atoms with Crippen LogP contribution in [0.4, 0.5) is 10.5 Å². The van der Waals surface area contributed by atoms with Gasteiger partial charge in [0.05, 0.1) is 0 Å². The predicted molar refractivity (Wildman–Crippen MR) is 115 cm³/mol. The van der Waals surface area contributed by atoms with E-state index in [0.717, 1.165) is 29.8 Å². The lowest BCUT2D eigenvalue weighted by molar-refractivity contribution is -0.116. The van der Waals surface area contributed by atoms with Gasteiger partial charge in [-0.2, -0.15) is 0 Å². The molecule has 0 saturated carbocycles. The Hall–Kier alpha value is -2.93. The first-order valence-electron chi connectivity index (χ1n) is 9.93. The molecule has 0 aliphatic carbocycles. The number of pyridine rings is 1. The Morgan fingerprint density at radius 2 is 1.86 bits per heavy atom. The molecule has 0 bridgehead atoms. The predicted octanol–water partition coefficient (Wildman–Crippen LogP) is 3.09. The summed E-state index contributed by atoms with van der Waals surface area (Å²) in [6.45, 7) is 4.25. The van der Waals surface area contributed by atoms with E-state index in [1.165, 1.54) is 0 Å². The highest BCUT2D eigenvalue weighted by Gasteiger charge is 2.14. The van der Waals surface area contributed by atoms with Crippen molar-refractivity contribution in [1.29, 1.82) is 0 Å². The SMILES string of the molecule is CCCC(=O)Nc1cccc(CNC(=O)N(CCN(C)C)Cc2cccnc2)c1. The van der Waals surface area contributed by atoms with Crippen molar-refractivity contribution in [3.63, 3.8) is 0 Å². The molecule has 2 N–H and O–H groups in total. The number of amides is 3. The number of nitrogens with zero attached hydrogens (tertiary/aromatic N) is 3. The van der Waals surface area contributed by atoms with E-state index in [9.17, 15) is 9.59 Å². The number of carbonyl (C=O) groups excluding carboxylic acids is 2. The summed E-state index contributed by atoms with van der Waals surface area (Å²) < 4.78 is 0. The smallest absolute Gasteiger partial charge is 0.318 e. The molecule has 0 spiro atoms. The summed E-state index contributed by atoms with van der Waals surface area (Å²) >= 11 is 0.